The third-order valence-electron chi connectivity index (χ3n) is 7.80. The fraction of sp³-hybridized carbons (Fsp3) is 0.720. The van der Waals surface area contributed by atoms with Crippen LogP contribution in [0.3, 0.4) is 0 Å². The third kappa shape index (κ3) is 5.77. The van der Waals surface area contributed by atoms with Crippen LogP contribution in [0.2, 0.25) is 0 Å². The lowest BCUT2D eigenvalue weighted by molar-refractivity contribution is -0.181. The molecule has 32 heavy (non-hydrogen) atoms. The number of aliphatic hydroxyl groups is 1. The molecular weight excluding hydrogens is 437 g/mol. The van der Waals surface area contributed by atoms with Crippen LogP contribution in [0.5, 0.6) is 0 Å². The van der Waals surface area contributed by atoms with Crippen LogP contribution in [-0.2, 0) is 11.2 Å². The number of aryl methyl sites for hydroxylation is 1. The number of hydrogen-bond donors (Lipinski definition) is 1. The molecule has 2 aliphatic carbocycles. The normalized spacial score (nSPS) is 26.2. The van der Waals surface area contributed by atoms with Gasteiger partial charge in [-0.3, -0.25) is 0 Å². The molecule has 2 unspecified atom stereocenters. The van der Waals surface area contributed by atoms with Gasteiger partial charge in [0.2, 0.25) is 0 Å². The smallest absolute Gasteiger partial charge is 0.392 e. The number of aliphatic hydroxyl groups excluding tert-OH is 1. The van der Waals surface area contributed by atoms with Crippen LogP contribution in [0.25, 0.3) is 0 Å². The van der Waals surface area contributed by atoms with E-state index in [9.17, 15) is 23.1 Å². The molecule has 7 heteroatoms. The Bertz CT molecular complexity index is 776. The summed E-state index contributed by atoms with van der Waals surface area (Å²) >= 11 is 1.39. The van der Waals surface area contributed by atoms with Gasteiger partial charge in [-0.05, 0) is 87.2 Å². The molecule has 1 heterocycles. The van der Waals surface area contributed by atoms with Crippen LogP contribution in [0.4, 0.5) is 13.2 Å². The highest BCUT2D eigenvalue weighted by atomic mass is 32.1. The first-order chi connectivity index (χ1) is 15.2. The predicted molar refractivity (Wildman–Crippen MR) is 121 cm³/mol. The van der Waals surface area contributed by atoms with Crippen molar-refractivity contribution in [1.29, 1.82) is 0 Å². The summed E-state index contributed by atoms with van der Waals surface area (Å²) < 4.78 is 45.7. The highest BCUT2D eigenvalue weighted by molar-refractivity contribution is 7.13. The Kier molecular flexibility index (Phi) is 8.48. The van der Waals surface area contributed by atoms with E-state index in [2.05, 4.69) is 6.92 Å². The lowest BCUT2D eigenvalue weighted by Crippen LogP contribution is -2.40. The molecule has 3 rings (SSSR count). The lowest BCUT2D eigenvalue weighted by atomic mass is 9.63. The molecule has 0 bridgehead atoms. The zero-order valence-corrected chi connectivity index (χ0v) is 19.8. The van der Waals surface area contributed by atoms with Crippen molar-refractivity contribution in [3.8, 4) is 0 Å². The molecule has 0 spiro atoms. The fourth-order valence-electron chi connectivity index (χ4n) is 5.55. The van der Waals surface area contributed by atoms with Crippen molar-refractivity contribution in [1.82, 2.24) is 0 Å². The van der Waals surface area contributed by atoms with E-state index in [0.717, 1.165) is 49.8 Å². The third-order valence-corrected chi connectivity index (χ3v) is 8.93. The number of halogens is 3. The van der Waals surface area contributed by atoms with Crippen molar-refractivity contribution in [2.45, 2.75) is 83.4 Å². The summed E-state index contributed by atoms with van der Waals surface area (Å²) in [5.74, 6) is -2.17. The van der Waals surface area contributed by atoms with Gasteiger partial charge in [-0.1, -0.05) is 25.5 Å². The van der Waals surface area contributed by atoms with E-state index in [1.165, 1.54) is 18.4 Å². The number of methoxy groups -OCH3 is 1. The van der Waals surface area contributed by atoms with E-state index >= 15 is 0 Å². The summed E-state index contributed by atoms with van der Waals surface area (Å²) in [6.07, 6.45) is 6.44. The summed E-state index contributed by atoms with van der Waals surface area (Å²) in [7, 11) is 1.35. The molecule has 0 saturated heterocycles. The van der Waals surface area contributed by atoms with Gasteiger partial charge in [0, 0.05) is 4.88 Å². The Morgan fingerprint density at radius 3 is 2.69 bits per heavy atom. The van der Waals surface area contributed by atoms with Crippen LogP contribution in [0.1, 0.15) is 79.3 Å². The Hall–Kier alpha value is -1.34. The number of carbonyl (C=O) groups is 1. The minimum absolute atomic E-state index is 0.00102. The average molecular weight is 473 g/mol. The molecule has 0 radical (unpaired) electrons. The van der Waals surface area contributed by atoms with Gasteiger partial charge < -0.3 is 9.84 Å². The Labute approximate surface area is 193 Å². The van der Waals surface area contributed by atoms with E-state index < -0.39 is 24.1 Å². The van der Waals surface area contributed by atoms with Crippen LogP contribution >= 0.6 is 11.3 Å². The van der Waals surface area contributed by atoms with Gasteiger partial charge in [0.15, 0.2) is 0 Å². The standard InChI is InChI=1S/C25H35F3O3S/c1-3-24(15-6-16-24)22(29)10-5-9-19-17(11-13-20(19)25(26,27)28)7-4-8-18-12-14-21(32-18)23(30)31-2/h5,9,12,14,17,19-20,22,29H,3-4,6-8,10-11,13,15-16H2,1-2H3/b9-5+/t17-,19+,20?,22?/m0/s1. The minimum atomic E-state index is -4.19. The molecule has 4 atom stereocenters. The second-order valence-corrected chi connectivity index (χ2v) is 10.6. The topological polar surface area (TPSA) is 46.5 Å². The number of alkyl halides is 3. The van der Waals surface area contributed by atoms with Crippen molar-refractivity contribution < 1.29 is 27.8 Å². The first kappa shape index (κ1) is 25.3. The molecule has 0 amide bonds. The van der Waals surface area contributed by atoms with E-state index in [4.69, 9.17) is 4.74 Å². The second-order valence-electron chi connectivity index (χ2n) is 9.46. The van der Waals surface area contributed by atoms with Crippen molar-refractivity contribution in [2.75, 3.05) is 7.11 Å². The molecule has 1 aromatic heterocycles. The Balaban J connectivity index is 1.57. The zero-order valence-electron chi connectivity index (χ0n) is 19.0. The van der Waals surface area contributed by atoms with Gasteiger partial charge in [-0.25, -0.2) is 4.79 Å². The van der Waals surface area contributed by atoms with Crippen molar-refractivity contribution >= 4 is 17.3 Å². The molecule has 0 aromatic carbocycles. The molecule has 0 aliphatic heterocycles. The monoisotopic (exact) mass is 472 g/mol. The van der Waals surface area contributed by atoms with Crippen LogP contribution in [0.15, 0.2) is 24.3 Å². The molecule has 2 saturated carbocycles. The molecule has 1 aromatic rings. The number of carbonyl (C=O) groups excluding carboxylic acids is 1. The van der Waals surface area contributed by atoms with Crippen molar-refractivity contribution in [3.05, 3.63) is 34.0 Å². The van der Waals surface area contributed by atoms with Crippen molar-refractivity contribution in [3.63, 3.8) is 0 Å². The van der Waals surface area contributed by atoms with Crippen molar-refractivity contribution in [2.24, 2.45) is 23.2 Å². The highest BCUT2D eigenvalue weighted by Crippen LogP contribution is 2.50. The first-order valence-electron chi connectivity index (χ1n) is 11.8. The van der Waals surface area contributed by atoms with Gasteiger partial charge in [0.05, 0.1) is 19.1 Å². The minimum Gasteiger partial charge on any atom is -0.465 e. The number of hydrogen-bond acceptors (Lipinski definition) is 4. The first-order valence-corrected chi connectivity index (χ1v) is 12.6. The molecular formula is C25H35F3O3S. The summed E-state index contributed by atoms with van der Waals surface area (Å²) in [6.45, 7) is 2.08. The van der Waals surface area contributed by atoms with Gasteiger partial charge >= 0.3 is 12.1 Å². The van der Waals surface area contributed by atoms with Crippen LogP contribution in [-0.4, -0.2) is 30.5 Å². The van der Waals surface area contributed by atoms with Gasteiger partial charge in [-0.2, -0.15) is 13.2 Å². The summed E-state index contributed by atoms with van der Waals surface area (Å²) in [6, 6.07) is 3.63. The van der Waals surface area contributed by atoms with Gasteiger partial charge in [0.1, 0.15) is 4.88 Å². The van der Waals surface area contributed by atoms with Crippen LogP contribution in [0, 0.1) is 23.2 Å². The maximum absolute atomic E-state index is 13.7. The Morgan fingerprint density at radius 2 is 2.09 bits per heavy atom. The Morgan fingerprint density at radius 1 is 1.34 bits per heavy atom. The molecule has 2 fully saturated rings. The number of rotatable bonds is 10. The van der Waals surface area contributed by atoms with E-state index in [1.54, 1.807) is 12.1 Å². The maximum Gasteiger partial charge on any atom is 0.392 e. The summed E-state index contributed by atoms with van der Waals surface area (Å²) in [5, 5.41) is 10.6. The largest absolute Gasteiger partial charge is 0.465 e. The molecule has 1 N–H and O–H groups in total. The van der Waals surface area contributed by atoms with E-state index in [-0.39, 0.29) is 23.7 Å². The zero-order chi connectivity index (χ0) is 23.4. The molecule has 180 valence electrons. The highest BCUT2D eigenvalue weighted by Gasteiger charge is 2.49. The molecule has 3 nitrogen and oxygen atoms in total. The lowest BCUT2D eigenvalue weighted by Gasteiger charge is -2.45. The average Bonchev–Trinajstić information content (AvgIpc) is 3.34. The quantitative estimate of drug-likeness (QED) is 0.296. The SMILES string of the molecule is CCC1(C(O)C/C=C/[C@H]2C(C(F)(F)F)CC[C@@H]2CCCc2ccc(C(=O)OC)s2)CCC1. The number of ether oxygens (including phenoxy) is 1. The molecule has 2 aliphatic rings. The van der Waals surface area contributed by atoms with Gasteiger partial charge in [0.25, 0.3) is 0 Å². The van der Waals surface area contributed by atoms with Gasteiger partial charge in [-0.15, -0.1) is 11.3 Å². The van der Waals surface area contributed by atoms with Crippen LogP contribution < -0.4 is 0 Å². The fourth-order valence-corrected chi connectivity index (χ4v) is 6.51. The number of thiophene rings is 1. The maximum atomic E-state index is 13.7. The van der Waals surface area contributed by atoms with E-state index in [1.807, 2.05) is 12.1 Å². The number of esters is 1. The predicted octanol–water partition coefficient (Wildman–Crippen LogP) is 6.95. The van der Waals surface area contributed by atoms with E-state index in [0.29, 0.717) is 17.7 Å². The summed E-state index contributed by atoms with van der Waals surface area (Å²) in [5.41, 5.74) is -0.0351. The number of allylic oxidation sites excluding steroid dienone is 1. The second kappa shape index (κ2) is 10.7. The summed E-state index contributed by atoms with van der Waals surface area (Å²) in [4.78, 5) is 13.2.